The van der Waals surface area contributed by atoms with Crippen LogP contribution in [0.2, 0.25) is 0 Å². The number of Topliss-reactive ketones (excluding diaryl/α,β-unsaturated/α-hetero) is 1. The van der Waals surface area contributed by atoms with Gasteiger partial charge in [-0.15, -0.1) is 0 Å². The third kappa shape index (κ3) is 3.96. The van der Waals surface area contributed by atoms with Crippen LogP contribution in [0.1, 0.15) is 36.7 Å². The summed E-state index contributed by atoms with van der Waals surface area (Å²) in [5, 5.41) is 32.5. The molecule has 10 heteroatoms. The van der Waals surface area contributed by atoms with Crippen LogP contribution >= 0.6 is 0 Å². The Morgan fingerprint density at radius 1 is 1.03 bits per heavy atom. The largest absolute Gasteiger partial charge is 0.480 e. The standard InChI is InChI=1S/C26H23NO9/c1-4-36-25(33)26(24(31)32)15(3)19(23(29)30)14(2)20(22(28)16-10-6-5-7-11-16)21(26)17-12-8-9-13-18(17)27(34)35/h5-13,15H,4H2,1-3H3,(H,29,30)(H,31,32). The molecule has 0 fully saturated rings. The van der Waals surface area contributed by atoms with Crippen LogP contribution in [0, 0.1) is 21.4 Å². The molecule has 2 unspecified atom stereocenters. The summed E-state index contributed by atoms with van der Waals surface area (Å²) in [4.78, 5) is 63.9. The van der Waals surface area contributed by atoms with Gasteiger partial charge in [0.15, 0.2) is 11.2 Å². The zero-order valence-corrected chi connectivity index (χ0v) is 19.7. The number of allylic oxidation sites excluding steroid dienone is 2. The molecule has 2 N–H and O–H groups in total. The monoisotopic (exact) mass is 493 g/mol. The molecule has 1 aliphatic rings. The molecule has 3 rings (SSSR count). The Labute approximate surface area is 205 Å². The fourth-order valence-corrected chi connectivity index (χ4v) is 4.73. The summed E-state index contributed by atoms with van der Waals surface area (Å²) in [6.45, 7) is 3.72. The van der Waals surface area contributed by atoms with Gasteiger partial charge >= 0.3 is 17.9 Å². The number of carbonyl (C=O) groups is 4. The van der Waals surface area contributed by atoms with Crippen molar-refractivity contribution in [2.75, 3.05) is 6.61 Å². The number of carboxylic acids is 2. The van der Waals surface area contributed by atoms with E-state index in [1.165, 1.54) is 51.1 Å². The van der Waals surface area contributed by atoms with Crippen molar-refractivity contribution in [1.82, 2.24) is 0 Å². The number of rotatable bonds is 8. The number of hydrogen-bond acceptors (Lipinski definition) is 7. The number of aliphatic carboxylic acids is 2. The lowest BCUT2D eigenvalue weighted by atomic mass is 9.59. The third-order valence-electron chi connectivity index (χ3n) is 6.30. The normalized spacial score (nSPS) is 19.6. The van der Waals surface area contributed by atoms with Crippen LogP contribution in [0.5, 0.6) is 0 Å². The highest BCUT2D eigenvalue weighted by Gasteiger charge is 2.62. The Bertz CT molecular complexity index is 1340. The molecule has 186 valence electrons. The maximum Gasteiger partial charge on any atom is 0.332 e. The predicted octanol–water partition coefficient (Wildman–Crippen LogP) is 3.92. The molecule has 0 radical (unpaired) electrons. The number of esters is 1. The molecule has 0 saturated heterocycles. The summed E-state index contributed by atoms with van der Waals surface area (Å²) in [5.74, 6) is -7.00. The van der Waals surface area contributed by atoms with Crippen molar-refractivity contribution in [3.05, 3.63) is 92.6 Å². The van der Waals surface area contributed by atoms with Crippen LogP contribution in [0.4, 0.5) is 5.69 Å². The van der Waals surface area contributed by atoms with Gasteiger partial charge in [-0.05, 0) is 25.5 Å². The Balaban J connectivity index is 2.66. The highest BCUT2D eigenvalue weighted by Crippen LogP contribution is 2.55. The summed E-state index contributed by atoms with van der Waals surface area (Å²) in [7, 11) is 0. The number of hydrogen-bond donors (Lipinski definition) is 2. The van der Waals surface area contributed by atoms with Crippen molar-refractivity contribution in [2.45, 2.75) is 20.8 Å². The van der Waals surface area contributed by atoms with E-state index < -0.39 is 62.4 Å². The van der Waals surface area contributed by atoms with E-state index in [4.69, 9.17) is 4.74 Å². The number of ketones is 1. The van der Waals surface area contributed by atoms with Crippen LogP contribution in [-0.2, 0) is 19.1 Å². The van der Waals surface area contributed by atoms with E-state index >= 15 is 0 Å². The third-order valence-corrected chi connectivity index (χ3v) is 6.30. The van der Waals surface area contributed by atoms with E-state index in [1.807, 2.05) is 0 Å². The second-order valence-electron chi connectivity index (χ2n) is 8.12. The number of carbonyl (C=O) groups excluding carboxylic acids is 2. The molecule has 36 heavy (non-hydrogen) atoms. The summed E-state index contributed by atoms with van der Waals surface area (Å²) in [6, 6.07) is 12.7. The molecule has 0 aromatic heterocycles. The average Bonchev–Trinajstić information content (AvgIpc) is 2.83. The Morgan fingerprint density at radius 3 is 2.14 bits per heavy atom. The van der Waals surface area contributed by atoms with Gasteiger partial charge in [0.05, 0.1) is 17.1 Å². The van der Waals surface area contributed by atoms with E-state index in [2.05, 4.69) is 0 Å². The van der Waals surface area contributed by atoms with Crippen molar-refractivity contribution in [2.24, 2.45) is 11.3 Å². The zero-order valence-electron chi connectivity index (χ0n) is 19.7. The molecule has 0 amide bonds. The van der Waals surface area contributed by atoms with Gasteiger partial charge in [-0.1, -0.05) is 49.4 Å². The summed E-state index contributed by atoms with van der Waals surface area (Å²) >= 11 is 0. The van der Waals surface area contributed by atoms with Gasteiger partial charge in [0, 0.05) is 34.3 Å². The highest BCUT2D eigenvalue weighted by molar-refractivity contribution is 6.25. The molecule has 2 atom stereocenters. The number of nitrogens with zero attached hydrogens (tertiary/aromatic N) is 1. The molecular formula is C26H23NO9. The molecule has 0 saturated carbocycles. The second-order valence-corrected chi connectivity index (χ2v) is 8.12. The quantitative estimate of drug-likeness (QED) is 0.182. The van der Waals surface area contributed by atoms with E-state index in [1.54, 1.807) is 18.2 Å². The van der Waals surface area contributed by atoms with Crippen molar-refractivity contribution in [1.29, 1.82) is 0 Å². The van der Waals surface area contributed by atoms with Crippen molar-refractivity contribution >= 4 is 35.0 Å². The van der Waals surface area contributed by atoms with Gasteiger partial charge in [0.2, 0.25) is 0 Å². The van der Waals surface area contributed by atoms with E-state index in [0.717, 1.165) is 6.07 Å². The molecule has 10 nitrogen and oxygen atoms in total. The van der Waals surface area contributed by atoms with Crippen LogP contribution < -0.4 is 0 Å². The minimum absolute atomic E-state index is 0.0744. The minimum atomic E-state index is -2.77. The van der Waals surface area contributed by atoms with Gasteiger partial charge in [0.1, 0.15) is 0 Å². The maximum atomic E-state index is 13.8. The maximum absolute atomic E-state index is 13.8. The fraction of sp³-hybridized carbons (Fsp3) is 0.231. The molecule has 2 aromatic rings. The average molecular weight is 493 g/mol. The smallest absolute Gasteiger partial charge is 0.332 e. The molecule has 1 aliphatic carbocycles. The Morgan fingerprint density at radius 2 is 1.61 bits per heavy atom. The lowest BCUT2D eigenvalue weighted by Crippen LogP contribution is -2.51. The van der Waals surface area contributed by atoms with Crippen LogP contribution in [0.15, 0.2) is 71.3 Å². The topological polar surface area (TPSA) is 161 Å². The number of nitro benzene ring substituents is 1. The summed E-state index contributed by atoms with van der Waals surface area (Å²) in [5.41, 5.74) is -5.02. The SMILES string of the molecule is CCOC(=O)C1(C(=O)O)C(c2ccccc2[N+](=O)[O-])=C(C(=O)c2ccccc2)C(C)=C(C(=O)O)C1C. The van der Waals surface area contributed by atoms with Crippen LogP contribution in [-0.4, -0.2) is 45.4 Å². The first kappa shape index (κ1) is 26.0. The first-order valence-electron chi connectivity index (χ1n) is 10.9. The second kappa shape index (κ2) is 9.95. The van der Waals surface area contributed by atoms with Gasteiger partial charge < -0.3 is 14.9 Å². The molecular weight excluding hydrogens is 470 g/mol. The van der Waals surface area contributed by atoms with Crippen molar-refractivity contribution < 1.29 is 39.1 Å². The number of para-hydroxylation sites is 1. The van der Waals surface area contributed by atoms with Gasteiger partial charge in [-0.25, -0.2) is 4.79 Å². The van der Waals surface area contributed by atoms with Crippen molar-refractivity contribution in [3.63, 3.8) is 0 Å². The number of ether oxygens (including phenoxy) is 1. The zero-order chi connectivity index (χ0) is 26.8. The lowest BCUT2D eigenvalue weighted by Gasteiger charge is -2.40. The number of benzene rings is 2. The van der Waals surface area contributed by atoms with Gasteiger partial charge in [-0.2, -0.15) is 0 Å². The fourth-order valence-electron chi connectivity index (χ4n) is 4.73. The Kier molecular flexibility index (Phi) is 7.19. The first-order chi connectivity index (χ1) is 17.0. The van der Waals surface area contributed by atoms with Crippen molar-refractivity contribution in [3.8, 4) is 0 Å². The van der Waals surface area contributed by atoms with E-state index in [0.29, 0.717) is 0 Å². The van der Waals surface area contributed by atoms with E-state index in [9.17, 15) is 39.5 Å². The molecule has 0 spiro atoms. The first-order valence-corrected chi connectivity index (χ1v) is 10.9. The molecule has 2 aromatic carbocycles. The molecule has 0 heterocycles. The number of carboxylic acid groups (broad SMARTS) is 2. The van der Waals surface area contributed by atoms with Gasteiger partial charge in [0.25, 0.3) is 5.69 Å². The predicted molar refractivity (Wildman–Crippen MR) is 127 cm³/mol. The summed E-state index contributed by atoms with van der Waals surface area (Å²) < 4.78 is 5.12. The van der Waals surface area contributed by atoms with E-state index in [-0.39, 0.29) is 23.3 Å². The van der Waals surface area contributed by atoms with Gasteiger partial charge in [-0.3, -0.25) is 24.5 Å². The van der Waals surface area contributed by atoms with Crippen LogP contribution in [0.25, 0.3) is 5.57 Å². The van der Waals surface area contributed by atoms with Crippen LogP contribution in [0.3, 0.4) is 0 Å². The molecule has 0 aliphatic heterocycles. The Hall–Kier alpha value is -4.60. The number of nitro groups is 1. The summed E-state index contributed by atoms with van der Waals surface area (Å²) in [6.07, 6.45) is 0. The molecule has 0 bridgehead atoms. The lowest BCUT2D eigenvalue weighted by molar-refractivity contribution is -0.385. The highest BCUT2D eigenvalue weighted by atomic mass is 16.6. The minimum Gasteiger partial charge on any atom is -0.480 e.